The van der Waals surface area contributed by atoms with Crippen molar-refractivity contribution >= 4 is 11.0 Å². The van der Waals surface area contributed by atoms with Crippen LogP contribution in [-0.4, -0.2) is 24.7 Å². The molecule has 126 valence electrons. The van der Waals surface area contributed by atoms with E-state index in [-0.39, 0.29) is 12.8 Å². The number of nitriles is 3. The number of hydrogen-bond donors (Lipinski definition) is 1. The van der Waals surface area contributed by atoms with Gasteiger partial charge in [-0.25, -0.2) is 9.97 Å². The highest BCUT2D eigenvalue weighted by Gasteiger charge is 2.56. The summed E-state index contributed by atoms with van der Waals surface area (Å²) in [5.41, 5.74) is 1.09. The van der Waals surface area contributed by atoms with Crippen LogP contribution in [0.15, 0.2) is 31.0 Å². The molecule has 0 unspecified atom stereocenters. The molecular formula is C18H14N8. The highest BCUT2D eigenvalue weighted by atomic mass is 15.3. The lowest BCUT2D eigenvalue weighted by atomic mass is 9.55. The van der Waals surface area contributed by atoms with E-state index in [1.54, 1.807) is 17.1 Å². The number of aromatic amines is 1. The molecule has 0 radical (unpaired) electrons. The lowest BCUT2D eigenvalue weighted by Crippen LogP contribution is -2.52. The van der Waals surface area contributed by atoms with Gasteiger partial charge in [-0.3, -0.25) is 4.68 Å². The first-order chi connectivity index (χ1) is 12.7. The maximum Gasteiger partial charge on any atom is 0.141 e. The van der Waals surface area contributed by atoms with Crippen LogP contribution in [-0.2, 0) is 5.54 Å². The van der Waals surface area contributed by atoms with Crippen LogP contribution in [0.1, 0.15) is 25.7 Å². The summed E-state index contributed by atoms with van der Waals surface area (Å²) in [4.78, 5) is 11.6. The van der Waals surface area contributed by atoms with Gasteiger partial charge in [0.15, 0.2) is 0 Å². The summed E-state index contributed by atoms with van der Waals surface area (Å²) < 4.78 is 1.76. The molecule has 1 saturated carbocycles. The van der Waals surface area contributed by atoms with Gasteiger partial charge in [-0.1, -0.05) is 0 Å². The summed E-state index contributed by atoms with van der Waals surface area (Å²) >= 11 is 0. The fraction of sp³-hybridized carbons (Fsp3) is 0.333. The molecule has 0 spiro atoms. The molecule has 8 nitrogen and oxygen atoms in total. The third kappa shape index (κ3) is 2.22. The van der Waals surface area contributed by atoms with Gasteiger partial charge in [-0.2, -0.15) is 20.9 Å². The molecule has 3 aromatic rings. The molecule has 3 aromatic heterocycles. The topological polar surface area (TPSA) is 131 Å². The van der Waals surface area contributed by atoms with Crippen LogP contribution < -0.4 is 0 Å². The number of nitrogens with one attached hydrogen (secondary N) is 1. The molecular weight excluding hydrogens is 328 g/mol. The standard InChI is InChI=1S/C18H14N8/c19-4-2-17(11-21)9-18(10-17,3-5-20)26-8-13(7-25-26)15-14-1-6-22-16(14)24-12-23-15/h1,6-8,12H,2-3,9-10H2,(H,22,23,24)/t17-,18-. The van der Waals surface area contributed by atoms with Crippen molar-refractivity contribution in [2.24, 2.45) is 5.41 Å². The Morgan fingerprint density at radius 2 is 1.96 bits per heavy atom. The Hall–Kier alpha value is -3.70. The molecule has 0 bridgehead atoms. The summed E-state index contributed by atoms with van der Waals surface area (Å²) in [5, 5.41) is 33.1. The molecule has 0 aliphatic heterocycles. The van der Waals surface area contributed by atoms with E-state index < -0.39 is 11.0 Å². The Balaban J connectivity index is 1.71. The molecule has 1 aliphatic carbocycles. The summed E-state index contributed by atoms with van der Waals surface area (Å²) in [6.07, 6.45) is 8.18. The fourth-order valence-corrected chi connectivity index (χ4v) is 3.93. The van der Waals surface area contributed by atoms with Crippen molar-refractivity contribution in [3.05, 3.63) is 31.0 Å². The SMILES string of the molecule is N#CC[C@]1(C#N)C[C@](CC#N)(n2cc(-c3ncnc4[nH]ccc34)cn2)C1. The van der Waals surface area contributed by atoms with Crippen LogP contribution >= 0.6 is 0 Å². The molecule has 4 rings (SSSR count). The van der Waals surface area contributed by atoms with E-state index in [4.69, 9.17) is 5.26 Å². The number of fused-ring (bicyclic) bond motifs is 1. The van der Waals surface area contributed by atoms with Crippen molar-refractivity contribution in [2.45, 2.75) is 31.2 Å². The molecule has 0 aromatic carbocycles. The average molecular weight is 342 g/mol. The molecule has 8 heteroatoms. The Morgan fingerprint density at radius 1 is 1.15 bits per heavy atom. The van der Waals surface area contributed by atoms with Gasteiger partial charge in [-0.15, -0.1) is 0 Å². The number of hydrogen-bond acceptors (Lipinski definition) is 6. The van der Waals surface area contributed by atoms with E-state index in [0.717, 1.165) is 22.3 Å². The zero-order valence-electron chi connectivity index (χ0n) is 13.8. The second-order valence-corrected chi connectivity index (χ2v) is 6.78. The maximum atomic E-state index is 9.46. The van der Waals surface area contributed by atoms with Gasteiger partial charge < -0.3 is 4.98 Å². The first kappa shape index (κ1) is 15.8. The molecule has 1 fully saturated rings. The average Bonchev–Trinajstić information content (AvgIpc) is 3.28. The van der Waals surface area contributed by atoms with Gasteiger partial charge in [0.2, 0.25) is 0 Å². The zero-order chi connectivity index (χ0) is 18.2. The van der Waals surface area contributed by atoms with Crippen LogP contribution in [0, 0.1) is 39.4 Å². The quantitative estimate of drug-likeness (QED) is 0.775. The van der Waals surface area contributed by atoms with Gasteiger partial charge in [0, 0.05) is 23.3 Å². The van der Waals surface area contributed by atoms with E-state index in [2.05, 4.69) is 38.3 Å². The van der Waals surface area contributed by atoms with Crippen molar-refractivity contribution < 1.29 is 0 Å². The van der Waals surface area contributed by atoms with Crippen molar-refractivity contribution in [3.63, 3.8) is 0 Å². The van der Waals surface area contributed by atoms with Crippen molar-refractivity contribution in [1.82, 2.24) is 24.7 Å². The van der Waals surface area contributed by atoms with E-state index in [1.807, 2.05) is 12.3 Å². The van der Waals surface area contributed by atoms with Crippen LogP contribution in [0.25, 0.3) is 22.3 Å². The van der Waals surface area contributed by atoms with Gasteiger partial charge in [0.1, 0.15) is 12.0 Å². The lowest BCUT2D eigenvalue weighted by Gasteiger charge is -2.50. The fourth-order valence-electron chi connectivity index (χ4n) is 3.93. The summed E-state index contributed by atoms with van der Waals surface area (Å²) in [6.45, 7) is 0. The molecule has 1 N–H and O–H groups in total. The van der Waals surface area contributed by atoms with E-state index in [9.17, 15) is 10.5 Å². The minimum absolute atomic E-state index is 0.167. The predicted molar refractivity (Wildman–Crippen MR) is 90.8 cm³/mol. The summed E-state index contributed by atoms with van der Waals surface area (Å²) in [5.74, 6) is 0. The summed E-state index contributed by atoms with van der Waals surface area (Å²) in [6, 6.07) is 8.46. The smallest absolute Gasteiger partial charge is 0.141 e. The Bertz CT molecular complexity index is 1090. The minimum Gasteiger partial charge on any atom is -0.346 e. The number of nitrogens with zero attached hydrogens (tertiary/aromatic N) is 7. The molecule has 0 amide bonds. The molecule has 0 atom stereocenters. The first-order valence-corrected chi connectivity index (χ1v) is 8.14. The van der Waals surface area contributed by atoms with Gasteiger partial charge in [-0.05, 0) is 18.9 Å². The Labute approximate surface area is 149 Å². The molecule has 3 heterocycles. The van der Waals surface area contributed by atoms with E-state index in [1.165, 1.54) is 6.33 Å². The second kappa shape index (κ2) is 5.68. The predicted octanol–water partition coefficient (Wildman–Crippen LogP) is 2.65. The number of aromatic nitrogens is 5. The number of H-pyrrole nitrogens is 1. The molecule has 26 heavy (non-hydrogen) atoms. The second-order valence-electron chi connectivity index (χ2n) is 6.78. The van der Waals surface area contributed by atoms with Crippen LogP contribution in [0.2, 0.25) is 0 Å². The van der Waals surface area contributed by atoms with Crippen molar-refractivity contribution in [2.75, 3.05) is 0 Å². The van der Waals surface area contributed by atoms with Gasteiger partial charge in [0.25, 0.3) is 0 Å². The largest absolute Gasteiger partial charge is 0.346 e. The van der Waals surface area contributed by atoms with Crippen LogP contribution in [0.4, 0.5) is 0 Å². The monoisotopic (exact) mass is 342 g/mol. The Kier molecular flexibility index (Phi) is 3.45. The summed E-state index contributed by atoms with van der Waals surface area (Å²) in [7, 11) is 0. The molecule has 1 aliphatic rings. The highest BCUT2D eigenvalue weighted by Crippen LogP contribution is 2.56. The zero-order valence-corrected chi connectivity index (χ0v) is 13.8. The van der Waals surface area contributed by atoms with Crippen molar-refractivity contribution in [1.29, 1.82) is 15.8 Å². The van der Waals surface area contributed by atoms with E-state index in [0.29, 0.717) is 12.8 Å². The van der Waals surface area contributed by atoms with Gasteiger partial charge >= 0.3 is 0 Å². The van der Waals surface area contributed by atoms with E-state index >= 15 is 0 Å². The molecule has 0 saturated heterocycles. The Morgan fingerprint density at radius 3 is 2.69 bits per heavy atom. The number of rotatable bonds is 4. The third-order valence-corrected chi connectivity index (χ3v) is 5.09. The maximum absolute atomic E-state index is 9.46. The van der Waals surface area contributed by atoms with Crippen molar-refractivity contribution in [3.8, 4) is 29.5 Å². The first-order valence-electron chi connectivity index (χ1n) is 8.14. The lowest BCUT2D eigenvalue weighted by molar-refractivity contribution is 0.00987. The normalized spacial score (nSPS) is 24.3. The minimum atomic E-state index is -0.694. The van der Waals surface area contributed by atoms with Gasteiger partial charge in [0.05, 0.1) is 53.9 Å². The van der Waals surface area contributed by atoms with Crippen LogP contribution in [0.5, 0.6) is 0 Å². The van der Waals surface area contributed by atoms with Crippen LogP contribution in [0.3, 0.4) is 0 Å². The third-order valence-electron chi connectivity index (χ3n) is 5.09. The highest BCUT2D eigenvalue weighted by molar-refractivity contribution is 5.89.